The Bertz CT molecular complexity index is 675. The zero-order valence-electron chi connectivity index (χ0n) is 12.2. The van der Waals surface area contributed by atoms with Crippen LogP contribution in [0.4, 0.5) is 14.9 Å². The van der Waals surface area contributed by atoms with Crippen LogP contribution in [0.15, 0.2) is 42.5 Å². The van der Waals surface area contributed by atoms with Crippen molar-refractivity contribution in [2.45, 2.75) is 13.5 Å². The van der Waals surface area contributed by atoms with Gasteiger partial charge >= 0.3 is 6.09 Å². The molecule has 5 nitrogen and oxygen atoms in total. The topological polar surface area (TPSA) is 59.0 Å². The van der Waals surface area contributed by atoms with Crippen LogP contribution in [-0.4, -0.2) is 18.4 Å². The molecule has 1 amide bonds. The van der Waals surface area contributed by atoms with Gasteiger partial charge in [-0.3, -0.25) is 5.21 Å². The van der Waals surface area contributed by atoms with Crippen LogP contribution in [0.5, 0.6) is 5.75 Å². The fourth-order valence-electron chi connectivity index (χ4n) is 1.90. The minimum atomic E-state index is -0.922. The number of hydrogen-bond donors (Lipinski definition) is 1. The number of para-hydroxylation sites is 1. The molecule has 2 aromatic rings. The van der Waals surface area contributed by atoms with E-state index in [2.05, 4.69) is 4.74 Å². The van der Waals surface area contributed by atoms with Crippen LogP contribution in [-0.2, 0) is 11.3 Å². The maximum absolute atomic E-state index is 13.7. The van der Waals surface area contributed by atoms with Gasteiger partial charge in [-0.2, -0.15) is 5.06 Å². The largest absolute Gasteiger partial charge is 0.486 e. The molecule has 0 atom stereocenters. The van der Waals surface area contributed by atoms with Crippen molar-refractivity contribution < 1.29 is 23.9 Å². The molecule has 1 N–H and O–H groups in total. The second-order valence-electron chi connectivity index (χ2n) is 4.63. The van der Waals surface area contributed by atoms with E-state index in [1.54, 1.807) is 31.2 Å². The number of anilines is 1. The molecule has 0 bridgehead atoms. The zero-order chi connectivity index (χ0) is 16.1. The molecule has 2 aromatic carbocycles. The Morgan fingerprint density at radius 2 is 2.00 bits per heavy atom. The molecule has 2 rings (SSSR count). The lowest BCUT2D eigenvalue weighted by molar-refractivity contribution is 0.140. The summed E-state index contributed by atoms with van der Waals surface area (Å²) < 4.78 is 23.6. The van der Waals surface area contributed by atoms with Crippen LogP contribution in [0.1, 0.15) is 11.1 Å². The first-order chi connectivity index (χ1) is 10.5. The van der Waals surface area contributed by atoms with Crippen LogP contribution < -0.4 is 9.80 Å². The van der Waals surface area contributed by atoms with Gasteiger partial charge < -0.3 is 9.47 Å². The van der Waals surface area contributed by atoms with Gasteiger partial charge in [-0.25, -0.2) is 9.18 Å². The highest BCUT2D eigenvalue weighted by atomic mass is 19.1. The average Bonchev–Trinajstić information content (AvgIpc) is 2.53. The zero-order valence-corrected chi connectivity index (χ0v) is 12.2. The second-order valence-corrected chi connectivity index (χ2v) is 4.63. The Hall–Kier alpha value is -2.60. The molecule has 22 heavy (non-hydrogen) atoms. The molecule has 6 heteroatoms. The highest BCUT2D eigenvalue weighted by molar-refractivity contribution is 5.85. The van der Waals surface area contributed by atoms with E-state index in [0.29, 0.717) is 10.6 Å². The summed E-state index contributed by atoms with van der Waals surface area (Å²) in [5.74, 6) is -0.366. The van der Waals surface area contributed by atoms with Gasteiger partial charge in [0.25, 0.3) is 0 Å². The first kappa shape index (κ1) is 15.8. The van der Waals surface area contributed by atoms with Gasteiger partial charge in [-0.15, -0.1) is 0 Å². The minimum Gasteiger partial charge on any atom is -0.486 e. The van der Waals surface area contributed by atoms with E-state index in [9.17, 15) is 14.4 Å². The summed E-state index contributed by atoms with van der Waals surface area (Å²) in [5, 5.41) is 10.2. The molecular formula is C16H16FNO4. The maximum Gasteiger partial charge on any atom is 0.438 e. The number of nitrogens with zero attached hydrogens (tertiary/aromatic N) is 1. The number of amides is 1. The number of benzene rings is 2. The lowest BCUT2D eigenvalue weighted by Crippen LogP contribution is -2.27. The number of rotatable bonds is 4. The summed E-state index contributed by atoms with van der Waals surface area (Å²) in [6.45, 7) is 1.77. The SMILES string of the molecule is COC(=O)N(O)c1ccccc1COc1ccc(C)cc1F. The summed E-state index contributed by atoms with van der Waals surface area (Å²) in [7, 11) is 1.16. The van der Waals surface area contributed by atoms with E-state index < -0.39 is 11.9 Å². The molecule has 0 radical (unpaired) electrons. The van der Waals surface area contributed by atoms with Gasteiger partial charge in [0.1, 0.15) is 6.61 Å². The van der Waals surface area contributed by atoms with Crippen molar-refractivity contribution >= 4 is 11.8 Å². The normalized spacial score (nSPS) is 10.2. The van der Waals surface area contributed by atoms with Crippen molar-refractivity contribution in [2.75, 3.05) is 12.2 Å². The third kappa shape index (κ3) is 3.53. The Morgan fingerprint density at radius 3 is 2.68 bits per heavy atom. The molecule has 0 aliphatic carbocycles. The first-order valence-corrected chi connectivity index (χ1v) is 6.56. The number of hydrogen-bond acceptors (Lipinski definition) is 4. The van der Waals surface area contributed by atoms with Crippen molar-refractivity contribution in [1.82, 2.24) is 0 Å². The van der Waals surface area contributed by atoms with E-state index >= 15 is 0 Å². The van der Waals surface area contributed by atoms with Gasteiger partial charge in [-0.1, -0.05) is 24.3 Å². The van der Waals surface area contributed by atoms with Crippen molar-refractivity contribution in [3.05, 3.63) is 59.4 Å². The highest BCUT2D eigenvalue weighted by Gasteiger charge is 2.17. The van der Waals surface area contributed by atoms with Crippen molar-refractivity contribution in [1.29, 1.82) is 0 Å². The number of halogens is 1. The number of carbonyl (C=O) groups is 1. The predicted molar refractivity (Wildman–Crippen MR) is 78.6 cm³/mol. The molecule has 0 aromatic heterocycles. The van der Waals surface area contributed by atoms with Gasteiger partial charge in [0, 0.05) is 5.56 Å². The number of methoxy groups -OCH3 is 1. The lowest BCUT2D eigenvalue weighted by atomic mass is 10.2. The van der Waals surface area contributed by atoms with Crippen LogP contribution >= 0.6 is 0 Å². The number of carbonyl (C=O) groups excluding carboxylic acids is 1. The van der Waals surface area contributed by atoms with Crippen LogP contribution in [0.25, 0.3) is 0 Å². The molecule has 0 spiro atoms. The summed E-state index contributed by atoms with van der Waals surface area (Å²) in [5.41, 5.74) is 1.51. The van der Waals surface area contributed by atoms with Crippen molar-refractivity contribution in [2.24, 2.45) is 0 Å². The number of hydroxylamine groups is 1. The molecule has 0 saturated carbocycles. The third-order valence-electron chi connectivity index (χ3n) is 3.04. The average molecular weight is 305 g/mol. The minimum absolute atomic E-state index is 0.00971. The summed E-state index contributed by atoms with van der Waals surface area (Å²) in [6.07, 6.45) is -0.922. The second kappa shape index (κ2) is 6.91. The maximum atomic E-state index is 13.7. The Morgan fingerprint density at radius 1 is 1.27 bits per heavy atom. The van der Waals surface area contributed by atoms with Gasteiger partial charge in [0.2, 0.25) is 0 Å². The van der Waals surface area contributed by atoms with E-state index in [-0.39, 0.29) is 18.0 Å². The molecule has 0 heterocycles. The Labute approximate surface area is 127 Å². The predicted octanol–water partition coefficient (Wildman–Crippen LogP) is 3.68. The molecule has 0 aliphatic heterocycles. The Kier molecular flexibility index (Phi) is 4.95. The quantitative estimate of drug-likeness (QED) is 0.691. The summed E-state index contributed by atoms with van der Waals surface area (Å²) >= 11 is 0. The lowest BCUT2D eigenvalue weighted by Gasteiger charge is -2.17. The van der Waals surface area contributed by atoms with Gasteiger partial charge in [-0.05, 0) is 30.7 Å². The fraction of sp³-hybridized carbons (Fsp3) is 0.188. The summed E-state index contributed by atoms with van der Waals surface area (Å²) in [4.78, 5) is 11.4. The molecule has 0 saturated heterocycles. The Balaban J connectivity index is 2.18. The van der Waals surface area contributed by atoms with E-state index in [1.165, 1.54) is 18.2 Å². The molecule has 0 unspecified atom stereocenters. The number of ether oxygens (including phenoxy) is 2. The van der Waals surface area contributed by atoms with Gasteiger partial charge in [0.15, 0.2) is 11.6 Å². The van der Waals surface area contributed by atoms with E-state index in [4.69, 9.17) is 4.74 Å². The van der Waals surface area contributed by atoms with Crippen LogP contribution in [0.3, 0.4) is 0 Å². The first-order valence-electron chi connectivity index (χ1n) is 6.56. The van der Waals surface area contributed by atoms with Crippen LogP contribution in [0, 0.1) is 12.7 Å². The standard InChI is InChI=1S/C16H16FNO4/c1-11-7-8-15(13(17)9-11)22-10-12-5-3-4-6-14(12)18(20)16(19)21-2/h3-9,20H,10H2,1-2H3. The van der Waals surface area contributed by atoms with E-state index in [1.807, 2.05) is 0 Å². The fourth-order valence-corrected chi connectivity index (χ4v) is 1.90. The molecule has 0 aliphatic rings. The van der Waals surface area contributed by atoms with Crippen molar-refractivity contribution in [3.8, 4) is 5.75 Å². The summed E-state index contributed by atoms with van der Waals surface area (Å²) in [6, 6.07) is 11.2. The van der Waals surface area contributed by atoms with E-state index in [0.717, 1.165) is 12.7 Å². The van der Waals surface area contributed by atoms with Gasteiger partial charge in [0.05, 0.1) is 12.8 Å². The molecule has 0 fully saturated rings. The highest BCUT2D eigenvalue weighted by Crippen LogP contribution is 2.24. The van der Waals surface area contributed by atoms with Crippen molar-refractivity contribution in [3.63, 3.8) is 0 Å². The monoisotopic (exact) mass is 305 g/mol. The number of aryl methyl sites for hydroxylation is 1. The van der Waals surface area contributed by atoms with Crippen LogP contribution in [0.2, 0.25) is 0 Å². The molecule has 116 valence electrons. The smallest absolute Gasteiger partial charge is 0.438 e. The molecular weight excluding hydrogens is 289 g/mol. The third-order valence-corrected chi connectivity index (χ3v) is 3.04.